The summed E-state index contributed by atoms with van der Waals surface area (Å²) >= 11 is 0. The molecule has 0 saturated heterocycles. The average molecular weight is 352 g/mol. The van der Waals surface area contributed by atoms with Crippen molar-refractivity contribution in [1.82, 2.24) is 5.32 Å². The third kappa shape index (κ3) is 2.78. The van der Waals surface area contributed by atoms with Crippen LogP contribution in [0.5, 0.6) is 0 Å². The first-order chi connectivity index (χ1) is 12.4. The van der Waals surface area contributed by atoms with Crippen LogP contribution in [0.2, 0.25) is 0 Å². The number of imide groups is 1. The van der Waals surface area contributed by atoms with Crippen LogP contribution in [0.3, 0.4) is 0 Å². The van der Waals surface area contributed by atoms with Crippen LogP contribution in [0.25, 0.3) is 0 Å². The van der Waals surface area contributed by atoms with Gasteiger partial charge in [0.2, 0.25) is 0 Å². The first kappa shape index (κ1) is 17.8. The number of rotatable bonds is 4. The van der Waals surface area contributed by atoms with Crippen LogP contribution >= 0.6 is 0 Å². The molecule has 134 valence electrons. The molecule has 0 atom stereocenters. The summed E-state index contributed by atoms with van der Waals surface area (Å²) in [6.07, 6.45) is 0. The zero-order chi connectivity index (χ0) is 19.0. The molecular formula is C20H20N2O4. The molecule has 2 aromatic rings. The molecule has 0 aliphatic carbocycles. The van der Waals surface area contributed by atoms with Gasteiger partial charge in [0.25, 0.3) is 17.7 Å². The van der Waals surface area contributed by atoms with Gasteiger partial charge in [-0.15, -0.1) is 0 Å². The Morgan fingerprint density at radius 1 is 1.08 bits per heavy atom. The third-order valence-electron chi connectivity index (χ3n) is 4.45. The Bertz CT molecular complexity index is 918. The largest absolute Gasteiger partial charge is 0.288 e. The van der Waals surface area contributed by atoms with Gasteiger partial charge in [-0.2, -0.15) is 5.06 Å². The molecular weight excluding hydrogens is 332 g/mol. The Balaban J connectivity index is 2.14. The predicted molar refractivity (Wildman–Crippen MR) is 97.3 cm³/mol. The molecule has 0 saturated carbocycles. The standard InChI is InChI=1S/C20H20N2O4/c1-11(2)13-8-5-7-12(3)17(13)22(26-4)20(25)15-10-6-9-14-16(15)19(24)21-18(14)23/h5-11H,1-4H3,(H,21,23,24). The van der Waals surface area contributed by atoms with E-state index in [9.17, 15) is 14.4 Å². The molecule has 1 aliphatic rings. The van der Waals surface area contributed by atoms with Gasteiger partial charge in [-0.25, -0.2) is 0 Å². The van der Waals surface area contributed by atoms with Crippen molar-refractivity contribution in [2.45, 2.75) is 26.7 Å². The lowest BCUT2D eigenvalue weighted by atomic mass is 9.97. The Morgan fingerprint density at radius 3 is 2.42 bits per heavy atom. The van der Waals surface area contributed by atoms with E-state index in [-0.39, 0.29) is 22.6 Å². The van der Waals surface area contributed by atoms with Crippen molar-refractivity contribution >= 4 is 23.4 Å². The van der Waals surface area contributed by atoms with Crippen LogP contribution in [-0.4, -0.2) is 24.8 Å². The number of para-hydroxylation sites is 1. The molecule has 0 bridgehead atoms. The first-order valence-electron chi connectivity index (χ1n) is 8.33. The summed E-state index contributed by atoms with van der Waals surface area (Å²) in [5, 5.41) is 3.42. The molecule has 0 unspecified atom stereocenters. The van der Waals surface area contributed by atoms with E-state index in [2.05, 4.69) is 5.32 Å². The fourth-order valence-corrected chi connectivity index (χ4v) is 3.21. The fourth-order valence-electron chi connectivity index (χ4n) is 3.21. The monoisotopic (exact) mass is 352 g/mol. The van der Waals surface area contributed by atoms with Gasteiger partial charge in [0.05, 0.1) is 29.5 Å². The van der Waals surface area contributed by atoms with E-state index >= 15 is 0 Å². The van der Waals surface area contributed by atoms with Gasteiger partial charge in [-0.1, -0.05) is 38.1 Å². The van der Waals surface area contributed by atoms with Gasteiger partial charge in [0.1, 0.15) is 0 Å². The van der Waals surface area contributed by atoms with Crippen molar-refractivity contribution in [3.63, 3.8) is 0 Å². The maximum Gasteiger partial charge on any atom is 0.283 e. The van der Waals surface area contributed by atoms with E-state index in [4.69, 9.17) is 4.84 Å². The number of benzene rings is 2. The molecule has 0 aromatic heterocycles. The fraction of sp³-hybridized carbons (Fsp3) is 0.250. The van der Waals surface area contributed by atoms with E-state index in [0.717, 1.165) is 11.1 Å². The van der Waals surface area contributed by atoms with Crippen LogP contribution in [-0.2, 0) is 4.84 Å². The summed E-state index contributed by atoms with van der Waals surface area (Å²) in [5.74, 6) is -1.40. The highest BCUT2D eigenvalue weighted by molar-refractivity contribution is 6.26. The SMILES string of the molecule is CON(C(=O)c1cccc2c1C(=O)NC2=O)c1c(C)cccc1C(C)C. The van der Waals surface area contributed by atoms with Crippen molar-refractivity contribution in [2.24, 2.45) is 0 Å². The van der Waals surface area contributed by atoms with Crippen molar-refractivity contribution in [3.8, 4) is 0 Å². The number of nitrogens with one attached hydrogen (secondary N) is 1. The minimum absolute atomic E-state index is 0.0873. The number of carbonyl (C=O) groups is 3. The molecule has 3 amide bonds. The molecule has 6 nitrogen and oxygen atoms in total. The minimum Gasteiger partial charge on any atom is -0.288 e. The quantitative estimate of drug-likeness (QED) is 0.677. The second-order valence-corrected chi connectivity index (χ2v) is 6.46. The molecule has 0 spiro atoms. The Morgan fingerprint density at radius 2 is 1.77 bits per heavy atom. The molecule has 1 heterocycles. The van der Waals surface area contributed by atoms with E-state index < -0.39 is 17.7 Å². The summed E-state index contributed by atoms with van der Waals surface area (Å²) < 4.78 is 0. The number of nitrogens with zero attached hydrogens (tertiary/aromatic N) is 1. The van der Waals surface area contributed by atoms with Gasteiger partial charge in [-0.05, 0) is 36.1 Å². The Hall–Kier alpha value is -2.99. The molecule has 3 rings (SSSR count). The van der Waals surface area contributed by atoms with Crippen LogP contribution < -0.4 is 10.4 Å². The molecule has 1 N–H and O–H groups in total. The van der Waals surface area contributed by atoms with Gasteiger partial charge < -0.3 is 0 Å². The highest BCUT2D eigenvalue weighted by Gasteiger charge is 2.34. The average Bonchev–Trinajstić information content (AvgIpc) is 2.91. The molecule has 2 aromatic carbocycles. The summed E-state index contributed by atoms with van der Waals surface area (Å²) in [7, 11) is 1.41. The van der Waals surface area contributed by atoms with Crippen molar-refractivity contribution in [3.05, 3.63) is 64.2 Å². The minimum atomic E-state index is -0.570. The number of hydrogen-bond donors (Lipinski definition) is 1. The van der Waals surface area contributed by atoms with E-state index in [1.807, 2.05) is 39.0 Å². The summed E-state index contributed by atoms with van der Waals surface area (Å²) in [6.45, 7) is 5.96. The number of aryl methyl sites for hydroxylation is 1. The van der Waals surface area contributed by atoms with Gasteiger partial charge >= 0.3 is 0 Å². The van der Waals surface area contributed by atoms with Crippen LogP contribution in [0.4, 0.5) is 5.69 Å². The zero-order valence-electron chi connectivity index (χ0n) is 15.1. The Labute approximate surface area is 151 Å². The van der Waals surface area contributed by atoms with Gasteiger partial charge in [-0.3, -0.25) is 24.5 Å². The van der Waals surface area contributed by atoms with Crippen molar-refractivity contribution < 1.29 is 19.2 Å². The summed E-state index contributed by atoms with van der Waals surface area (Å²) in [4.78, 5) is 42.7. The van der Waals surface area contributed by atoms with Gasteiger partial charge in [0, 0.05) is 0 Å². The predicted octanol–water partition coefficient (Wildman–Crippen LogP) is 3.21. The lowest BCUT2D eigenvalue weighted by Gasteiger charge is -2.26. The first-order valence-corrected chi connectivity index (χ1v) is 8.33. The van der Waals surface area contributed by atoms with Crippen LogP contribution in [0, 0.1) is 6.92 Å². The number of hydroxylamine groups is 1. The van der Waals surface area contributed by atoms with E-state index in [1.54, 1.807) is 6.07 Å². The molecule has 0 radical (unpaired) electrons. The second kappa shape index (κ2) is 6.72. The maximum atomic E-state index is 13.2. The van der Waals surface area contributed by atoms with E-state index in [1.165, 1.54) is 24.3 Å². The number of fused-ring (bicyclic) bond motifs is 1. The Kier molecular flexibility index (Phi) is 4.61. The number of hydrogen-bond acceptors (Lipinski definition) is 4. The molecule has 6 heteroatoms. The number of amides is 3. The lowest BCUT2D eigenvalue weighted by molar-refractivity contribution is 0.0765. The lowest BCUT2D eigenvalue weighted by Crippen LogP contribution is -2.33. The normalized spacial score (nSPS) is 13.0. The zero-order valence-corrected chi connectivity index (χ0v) is 15.1. The third-order valence-corrected chi connectivity index (χ3v) is 4.45. The topological polar surface area (TPSA) is 75.7 Å². The molecule has 1 aliphatic heterocycles. The van der Waals surface area contributed by atoms with Crippen LogP contribution in [0.1, 0.15) is 62.0 Å². The highest BCUT2D eigenvalue weighted by Crippen LogP contribution is 2.33. The van der Waals surface area contributed by atoms with Crippen LogP contribution in [0.15, 0.2) is 36.4 Å². The second-order valence-electron chi connectivity index (χ2n) is 6.46. The maximum absolute atomic E-state index is 13.2. The summed E-state index contributed by atoms with van der Waals surface area (Å²) in [6, 6.07) is 10.4. The molecule has 0 fully saturated rings. The van der Waals surface area contributed by atoms with Gasteiger partial charge in [0.15, 0.2) is 0 Å². The van der Waals surface area contributed by atoms with Crippen molar-refractivity contribution in [2.75, 3.05) is 12.2 Å². The molecule has 26 heavy (non-hydrogen) atoms. The van der Waals surface area contributed by atoms with E-state index in [0.29, 0.717) is 5.69 Å². The number of carbonyl (C=O) groups excluding carboxylic acids is 3. The smallest absolute Gasteiger partial charge is 0.283 e. The summed E-state index contributed by atoms with van der Waals surface area (Å²) in [5.41, 5.74) is 2.89. The number of anilines is 1. The van der Waals surface area contributed by atoms with Crippen molar-refractivity contribution in [1.29, 1.82) is 0 Å². The highest BCUT2D eigenvalue weighted by atomic mass is 16.7.